The molecule has 15 nitrogen and oxygen atoms in total. The van der Waals surface area contributed by atoms with Crippen molar-refractivity contribution in [2.24, 2.45) is 11.8 Å². The van der Waals surface area contributed by atoms with Gasteiger partial charge in [-0.15, -0.1) is 0 Å². The number of ether oxygens (including phenoxy) is 1. The summed E-state index contributed by atoms with van der Waals surface area (Å²) in [5.74, 6) is 1.22. The zero-order valence-electron chi connectivity index (χ0n) is 33.4. The molecule has 9 rings (SSSR count). The van der Waals surface area contributed by atoms with Crippen LogP contribution in [0.25, 0.3) is 22.3 Å². The molecule has 15 heteroatoms. The first-order chi connectivity index (χ1) is 28.2. The van der Waals surface area contributed by atoms with E-state index in [1.165, 1.54) is 19.4 Å². The minimum atomic E-state index is -0.952. The van der Waals surface area contributed by atoms with Crippen LogP contribution in [0.3, 0.4) is 0 Å². The van der Waals surface area contributed by atoms with Crippen LogP contribution in [0.2, 0.25) is 0 Å². The predicted octanol–water partition coefficient (Wildman–Crippen LogP) is 3.96. The number of hydrogen-bond donors (Lipinski definition) is 2. The van der Waals surface area contributed by atoms with Crippen molar-refractivity contribution >= 4 is 46.0 Å². The number of rotatable bonds is 11. The van der Waals surface area contributed by atoms with E-state index in [1.54, 1.807) is 12.4 Å². The molecule has 4 aromatic rings. The number of likely N-dealkylation sites (tertiary alicyclic amines) is 1. The molecule has 2 aromatic heterocycles. The van der Waals surface area contributed by atoms with Crippen molar-refractivity contribution in [1.82, 2.24) is 40.2 Å². The Kier molecular flexibility index (Phi) is 10.6. The Balaban J connectivity index is 0.711. The first kappa shape index (κ1) is 38.1. The quantitative estimate of drug-likeness (QED) is 0.211. The topological polar surface area (TPSA) is 160 Å². The van der Waals surface area contributed by atoms with Crippen molar-refractivity contribution in [1.29, 1.82) is 0 Å². The van der Waals surface area contributed by atoms with Gasteiger partial charge in [0.2, 0.25) is 11.8 Å². The predicted molar refractivity (Wildman–Crippen MR) is 219 cm³/mol. The molecule has 304 valence electrons. The van der Waals surface area contributed by atoms with Crippen molar-refractivity contribution in [2.75, 3.05) is 75.2 Å². The van der Waals surface area contributed by atoms with Gasteiger partial charge < -0.3 is 19.4 Å². The van der Waals surface area contributed by atoms with Gasteiger partial charge in [-0.3, -0.25) is 39.4 Å². The van der Waals surface area contributed by atoms with Gasteiger partial charge in [0, 0.05) is 75.9 Å². The van der Waals surface area contributed by atoms with Crippen LogP contribution in [0.5, 0.6) is 5.75 Å². The van der Waals surface area contributed by atoms with Crippen LogP contribution in [-0.2, 0) is 9.59 Å². The lowest BCUT2D eigenvalue weighted by molar-refractivity contribution is -0.136. The van der Waals surface area contributed by atoms with E-state index in [0.717, 1.165) is 122 Å². The number of piperazine rings is 1. The second-order valence-corrected chi connectivity index (χ2v) is 16.8. The minimum absolute atomic E-state index is 0.0915. The highest BCUT2D eigenvalue weighted by atomic mass is 16.5. The van der Waals surface area contributed by atoms with Gasteiger partial charge in [-0.1, -0.05) is 0 Å². The van der Waals surface area contributed by atoms with Crippen molar-refractivity contribution in [3.63, 3.8) is 0 Å². The van der Waals surface area contributed by atoms with Crippen LogP contribution in [0.1, 0.15) is 73.1 Å². The summed E-state index contributed by atoms with van der Waals surface area (Å²) in [5.41, 5.74) is 4.14. The summed E-state index contributed by atoms with van der Waals surface area (Å²) in [5, 5.41) is 11.0. The summed E-state index contributed by atoms with van der Waals surface area (Å²) in [7, 11) is 0. The summed E-state index contributed by atoms with van der Waals surface area (Å²) >= 11 is 0. The lowest BCUT2D eigenvalue weighted by Crippen LogP contribution is -2.54. The molecule has 4 amide bonds. The summed E-state index contributed by atoms with van der Waals surface area (Å²) in [4.78, 5) is 70.7. The largest absolute Gasteiger partial charge is 0.491 e. The molecular weight excluding hydrogens is 737 g/mol. The van der Waals surface area contributed by atoms with Gasteiger partial charge in [-0.2, -0.15) is 5.10 Å². The van der Waals surface area contributed by atoms with E-state index in [0.29, 0.717) is 17.0 Å². The van der Waals surface area contributed by atoms with Gasteiger partial charge in [0.1, 0.15) is 29.6 Å². The monoisotopic (exact) mass is 788 g/mol. The second kappa shape index (κ2) is 16.1. The molecule has 0 spiro atoms. The SMILES string of the molecule is CC(C)Oc1ccc2[nH]nc(-c3cc(N4CCN(CC[C@@H]5CCN(CC6CCN(c7ccc8c(c7)C(=O)N(C7CCC(=O)NC7=O)C8=O)CC6)C5)CC4)ncn3)c2c1. The molecule has 0 radical (unpaired) electrons. The number of carbonyl (C=O) groups is 4. The number of fused-ring (bicyclic) bond motifs is 2. The average Bonchev–Trinajstić information content (AvgIpc) is 3.93. The number of aromatic amines is 1. The number of hydrogen-bond acceptors (Lipinski definition) is 12. The fourth-order valence-corrected chi connectivity index (χ4v) is 9.46. The number of carbonyl (C=O) groups excluding carboxylic acids is 4. The molecule has 1 unspecified atom stereocenters. The van der Waals surface area contributed by atoms with E-state index in [1.807, 2.05) is 44.2 Å². The van der Waals surface area contributed by atoms with Crippen LogP contribution in [-0.4, -0.2) is 136 Å². The molecule has 4 saturated heterocycles. The molecule has 2 aromatic carbocycles. The zero-order valence-corrected chi connectivity index (χ0v) is 33.4. The third-order valence-electron chi connectivity index (χ3n) is 12.6. The molecule has 58 heavy (non-hydrogen) atoms. The first-order valence-corrected chi connectivity index (χ1v) is 20.9. The van der Waals surface area contributed by atoms with E-state index in [9.17, 15) is 19.2 Å². The molecule has 0 bridgehead atoms. The number of nitrogens with one attached hydrogen (secondary N) is 2. The maximum absolute atomic E-state index is 13.3. The zero-order chi connectivity index (χ0) is 39.9. The highest BCUT2D eigenvalue weighted by Gasteiger charge is 2.45. The lowest BCUT2D eigenvalue weighted by atomic mass is 9.95. The maximum Gasteiger partial charge on any atom is 0.262 e. The van der Waals surface area contributed by atoms with Crippen molar-refractivity contribution in [2.45, 2.75) is 64.5 Å². The van der Waals surface area contributed by atoms with Crippen molar-refractivity contribution < 1.29 is 23.9 Å². The Morgan fingerprint density at radius 1 is 0.793 bits per heavy atom. The van der Waals surface area contributed by atoms with Gasteiger partial charge >= 0.3 is 0 Å². The normalized spacial score (nSPS) is 22.4. The molecule has 7 heterocycles. The van der Waals surface area contributed by atoms with Gasteiger partial charge in [-0.05, 0) is 107 Å². The standard InChI is InChI=1S/C43H52N10O5/c1-27(2)58-31-4-6-35-34(22-31)40(48-47-35)36-23-38(45-26-44-36)52-19-17-49(18-20-52)13-9-28-10-14-50(24-28)25-29-11-15-51(16-12-29)30-3-5-32-33(21-30)43(57)53(42(32)56)37-7-8-39(54)46-41(37)55/h3-6,21-23,26-29,37H,7-20,24-25H2,1-2H3,(H,47,48)(H,46,54,55)/t28-,37?/m1/s1. The number of aromatic nitrogens is 4. The Hall–Kier alpha value is -5.41. The van der Waals surface area contributed by atoms with Gasteiger partial charge in [-0.25, -0.2) is 9.97 Å². The van der Waals surface area contributed by atoms with E-state index in [2.05, 4.69) is 51.1 Å². The summed E-state index contributed by atoms with van der Waals surface area (Å²) in [6, 6.07) is 12.5. The van der Waals surface area contributed by atoms with Gasteiger partial charge in [0.15, 0.2) is 0 Å². The molecular formula is C43H52N10O5. The first-order valence-electron chi connectivity index (χ1n) is 20.9. The van der Waals surface area contributed by atoms with Crippen LogP contribution >= 0.6 is 0 Å². The molecule has 0 aliphatic carbocycles. The highest BCUT2D eigenvalue weighted by molar-refractivity contribution is 6.23. The number of amides is 4. The van der Waals surface area contributed by atoms with Crippen LogP contribution in [0.15, 0.2) is 48.8 Å². The van der Waals surface area contributed by atoms with Crippen molar-refractivity contribution in [3.05, 3.63) is 59.9 Å². The number of nitrogens with zero attached hydrogens (tertiary/aromatic N) is 8. The second-order valence-electron chi connectivity index (χ2n) is 16.8. The molecule has 0 saturated carbocycles. The Morgan fingerprint density at radius 2 is 1.59 bits per heavy atom. The maximum atomic E-state index is 13.3. The average molecular weight is 789 g/mol. The third kappa shape index (κ3) is 7.76. The van der Waals surface area contributed by atoms with Gasteiger partial charge in [0.05, 0.1) is 28.4 Å². The van der Waals surface area contributed by atoms with Crippen LogP contribution in [0, 0.1) is 11.8 Å². The molecule has 5 aliphatic rings. The Morgan fingerprint density at radius 3 is 2.38 bits per heavy atom. The third-order valence-corrected chi connectivity index (χ3v) is 12.6. The molecule has 4 fully saturated rings. The Labute approximate surface area is 338 Å². The van der Waals surface area contributed by atoms with E-state index in [-0.39, 0.29) is 24.9 Å². The highest BCUT2D eigenvalue weighted by Crippen LogP contribution is 2.34. The molecule has 2 atom stereocenters. The van der Waals surface area contributed by atoms with Crippen LogP contribution in [0.4, 0.5) is 11.5 Å². The molecule has 2 N–H and O–H groups in total. The van der Waals surface area contributed by atoms with Crippen LogP contribution < -0.4 is 19.9 Å². The number of H-pyrrole nitrogens is 1. The van der Waals surface area contributed by atoms with E-state index >= 15 is 0 Å². The van der Waals surface area contributed by atoms with E-state index < -0.39 is 23.8 Å². The number of anilines is 2. The fraction of sp³-hybridized carbons (Fsp3) is 0.512. The summed E-state index contributed by atoms with van der Waals surface area (Å²) < 4.78 is 5.93. The van der Waals surface area contributed by atoms with Gasteiger partial charge in [0.25, 0.3) is 11.8 Å². The summed E-state index contributed by atoms with van der Waals surface area (Å²) in [6.07, 6.45) is 6.64. The fourth-order valence-electron chi connectivity index (χ4n) is 9.46. The van der Waals surface area contributed by atoms with Crippen molar-refractivity contribution in [3.8, 4) is 17.1 Å². The minimum Gasteiger partial charge on any atom is -0.491 e. The smallest absolute Gasteiger partial charge is 0.262 e. The Bertz CT molecular complexity index is 2210. The number of piperidine rings is 2. The lowest BCUT2D eigenvalue weighted by Gasteiger charge is -2.36. The molecule has 5 aliphatic heterocycles. The number of imide groups is 2. The van der Waals surface area contributed by atoms with E-state index in [4.69, 9.17) is 4.74 Å². The number of benzene rings is 2. The summed E-state index contributed by atoms with van der Waals surface area (Å²) in [6.45, 7) is 14.3.